The maximum atomic E-state index is 13.0. The van der Waals surface area contributed by atoms with Gasteiger partial charge in [0.05, 0.1) is 11.5 Å². The van der Waals surface area contributed by atoms with Gasteiger partial charge in [-0.15, -0.1) is 6.58 Å². The molecule has 0 aromatic heterocycles. The van der Waals surface area contributed by atoms with Gasteiger partial charge in [0.15, 0.2) is 0 Å². The molecule has 0 aliphatic heterocycles. The summed E-state index contributed by atoms with van der Waals surface area (Å²) in [6.07, 6.45) is 2.16. The maximum absolute atomic E-state index is 13.0. The van der Waals surface area contributed by atoms with Crippen molar-refractivity contribution in [3.8, 4) is 0 Å². The van der Waals surface area contributed by atoms with Crippen molar-refractivity contribution in [3.05, 3.63) is 99.7 Å². The van der Waals surface area contributed by atoms with Crippen molar-refractivity contribution < 1.29 is 71.8 Å². The van der Waals surface area contributed by atoms with Crippen molar-refractivity contribution in [1.29, 1.82) is 0 Å². The summed E-state index contributed by atoms with van der Waals surface area (Å²) in [6, 6.07) is 4.39. The molecule has 17 heteroatoms. The van der Waals surface area contributed by atoms with E-state index in [9.17, 15) is 38.7 Å². The van der Waals surface area contributed by atoms with Gasteiger partial charge < -0.3 is 38.3 Å². The van der Waals surface area contributed by atoms with Gasteiger partial charge in [-0.05, 0) is 31.0 Å². The normalized spacial score (nSPS) is 11.1. The molecule has 0 bridgehead atoms. The van der Waals surface area contributed by atoms with Crippen molar-refractivity contribution >= 4 is 53.4 Å². The Bertz CT molecular complexity index is 1520. The van der Waals surface area contributed by atoms with E-state index in [0.717, 1.165) is 30.4 Å². The number of hydrogen-bond acceptors (Lipinski definition) is 15. The molecule has 0 saturated carbocycles. The Labute approximate surface area is 311 Å². The van der Waals surface area contributed by atoms with Crippen molar-refractivity contribution in [3.63, 3.8) is 0 Å². The molecule has 3 N–H and O–H groups in total. The molecule has 1 aromatic carbocycles. The number of carbonyl (C=O) groups excluding carboxylic acids is 7. The molecule has 0 spiro atoms. The highest BCUT2D eigenvalue weighted by Gasteiger charge is 2.39. The predicted molar refractivity (Wildman–Crippen MR) is 193 cm³/mol. The van der Waals surface area contributed by atoms with E-state index in [1.54, 1.807) is 13.0 Å². The van der Waals surface area contributed by atoms with Gasteiger partial charge in [0.2, 0.25) is 0 Å². The van der Waals surface area contributed by atoms with E-state index >= 15 is 0 Å². The number of rotatable bonds is 24. The zero-order chi connectivity index (χ0) is 40.7. The van der Waals surface area contributed by atoms with Crippen LogP contribution >= 0.6 is 0 Å². The average Bonchev–Trinajstić information content (AvgIpc) is 3.17. The first-order valence-electron chi connectivity index (χ1n) is 15.8. The SMILES string of the molecule is C=CC(=O)OCC(COC(=O)C=C)(COC(=O)C=C)COC(=O)Nc1ccc(C)c(NC(=O)OCC(COC(=O)C=C)(COC(=O)C=C)CC(O)C=C)c1. The zero-order valence-corrected chi connectivity index (χ0v) is 29.8. The number of hydrogen-bond donors (Lipinski definition) is 3. The van der Waals surface area contributed by atoms with Crippen LogP contribution in [0.3, 0.4) is 0 Å². The number of anilines is 2. The summed E-state index contributed by atoms with van der Waals surface area (Å²) < 4.78 is 36.4. The molecule has 1 unspecified atom stereocenters. The molecular formula is C37H44N2O15. The molecule has 0 aliphatic carbocycles. The molecule has 0 fully saturated rings. The molecular weight excluding hydrogens is 712 g/mol. The fourth-order valence-electron chi connectivity index (χ4n) is 4.07. The van der Waals surface area contributed by atoms with E-state index < -0.39 is 105 Å². The summed E-state index contributed by atoms with van der Waals surface area (Å²) in [7, 11) is 0. The Hall–Kier alpha value is -6.49. The van der Waals surface area contributed by atoms with Gasteiger partial charge >= 0.3 is 42.0 Å². The van der Waals surface area contributed by atoms with Gasteiger partial charge in [-0.1, -0.05) is 45.0 Å². The first-order chi connectivity index (χ1) is 25.6. The lowest BCUT2D eigenvalue weighted by atomic mass is 9.84. The second kappa shape index (κ2) is 23.1. The van der Waals surface area contributed by atoms with Gasteiger partial charge in [0, 0.05) is 41.8 Å². The van der Waals surface area contributed by atoms with Crippen LogP contribution in [0.25, 0.3) is 0 Å². The van der Waals surface area contributed by atoms with Gasteiger partial charge in [-0.25, -0.2) is 33.6 Å². The van der Waals surface area contributed by atoms with Crippen LogP contribution in [0.15, 0.2) is 94.1 Å². The summed E-state index contributed by atoms with van der Waals surface area (Å²) in [4.78, 5) is 85.1. The van der Waals surface area contributed by atoms with Crippen LogP contribution < -0.4 is 10.6 Å². The van der Waals surface area contributed by atoms with Crippen LogP contribution in [-0.4, -0.2) is 99.5 Å². The van der Waals surface area contributed by atoms with Crippen molar-refractivity contribution in [2.75, 3.05) is 56.9 Å². The Kier molecular flexibility index (Phi) is 19.5. The summed E-state index contributed by atoms with van der Waals surface area (Å²) in [5, 5.41) is 15.3. The molecule has 2 amide bonds. The highest BCUT2D eigenvalue weighted by Crippen LogP contribution is 2.28. The van der Waals surface area contributed by atoms with Crippen LogP contribution in [0.5, 0.6) is 0 Å². The minimum atomic E-state index is -1.58. The number of ether oxygens (including phenoxy) is 7. The highest BCUT2D eigenvalue weighted by molar-refractivity contribution is 5.90. The summed E-state index contributed by atoms with van der Waals surface area (Å²) >= 11 is 0. The molecule has 1 rings (SSSR count). The minimum Gasteiger partial charge on any atom is -0.462 e. The molecule has 0 heterocycles. The highest BCUT2D eigenvalue weighted by atomic mass is 16.6. The second-order valence-electron chi connectivity index (χ2n) is 11.5. The minimum absolute atomic E-state index is 0.122. The van der Waals surface area contributed by atoms with E-state index in [1.165, 1.54) is 18.2 Å². The van der Waals surface area contributed by atoms with Crippen LogP contribution in [0, 0.1) is 17.8 Å². The Morgan fingerprint density at radius 3 is 1.33 bits per heavy atom. The van der Waals surface area contributed by atoms with Gasteiger partial charge in [-0.2, -0.15) is 0 Å². The van der Waals surface area contributed by atoms with Gasteiger partial charge in [-0.3, -0.25) is 10.6 Å². The lowest BCUT2D eigenvalue weighted by Gasteiger charge is -2.33. The van der Waals surface area contributed by atoms with Gasteiger partial charge in [0.25, 0.3) is 0 Å². The summed E-state index contributed by atoms with van der Waals surface area (Å²) in [5.74, 6) is -4.22. The molecule has 292 valence electrons. The van der Waals surface area contributed by atoms with E-state index in [2.05, 4.69) is 50.1 Å². The number of benzene rings is 1. The molecule has 1 aromatic rings. The quantitative estimate of drug-likeness (QED) is 0.0592. The van der Waals surface area contributed by atoms with Crippen molar-refractivity contribution in [1.82, 2.24) is 0 Å². The number of aliphatic hydroxyl groups is 1. The van der Waals surface area contributed by atoms with Gasteiger partial charge in [0.1, 0.15) is 51.7 Å². The first kappa shape index (κ1) is 45.5. The van der Waals surface area contributed by atoms with E-state index in [-0.39, 0.29) is 17.8 Å². The molecule has 54 heavy (non-hydrogen) atoms. The second-order valence-corrected chi connectivity index (χ2v) is 11.5. The maximum Gasteiger partial charge on any atom is 0.411 e. The zero-order valence-electron chi connectivity index (χ0n) is 29.8. The fourth-order valence-corrected chi connectivity index (χ4v) is 4.07. The lowest BCUT2D eigenvalue weighted by molar-refractivity contribution is -0.159. The number of aliphatic hydroxyl groups excluding tert-OH is 1. The Morgan fingerprint density at radius 2 is 0.944 bits per heavy atom. The molecule has 0 aliphatic rings. The molecule has 0 radical (unpaired) electrons. The monoisotopic (exact) mass is 756 g/mol. The first-order valence-corrected chi connectivity index (χ1v) is 15.8. The van der Waals surface area contributed by atoms with Crippen LogP contribution in [0.2, 0.25) is 0 Å². The topological polar surface area (TPSA) is 228 Å². The smallest absolute Gasteiger partial charge is 0.411 e. The number of esters is 5. The number of aryl methyl sites for hydroxylation is 1. The number of carbonyl (C=O) groups is 7. The van der Waals surface area contributed by atoms with E-state index in [0.29, 0.717) is 5.56 Å². The standard InChI is InChI=1S/C37H44N2O15/c1-8-27(40)17-36(18-48-29(41)9-2,19-49-30(42)10-3)20-53-35(47)39-28-16-26(15-14-25(28)7)38-34(46)54-24-37(21-50-31(43)11-4,22-51-32(44)12-5)23-52-33(45)13-6/h8-16,27,40H,1-6,17-24H2,7H3,(H,38,46)(H,39,47). The fraction of sp³-hybridized carbons (Fsp3) is 0.324. The molecule has 17 nitrogen and oxygen atoms in total. The molecule has 0 saturated heterocycles. The van der Waals surface area contributed by atoms with Crippen LogP contribution in [-0.2, 0) is 57.1 Å². The largest absolute Gasteiger partial charge is 0.462 e. The van der Waals surface area contributed by atoms with E-state index in [4.69, 9.17) is 33.2 Å². The third-order valence-electron chi connectivity index (χ3n) is 7.09. The third-order valence-corrected chi connectivity index (χ3v) is 7.09. The number of amides is 2. The summed E-state index contributed by atoms with van der Waals surface area (Å²) in [5.41, 5.74) is -2.20. The van der Waals surface area contributed by atoms with Crippen molar-refractivity contribution in [2.45, 2.75) is 19.4 Å². The van der Waals surface area contributed by atoms with Crippen LogP contribution in [0.4, 0.5) is 21.0 Å². The average molecular weight is 757 g/mol. The predicted octanol–water partition coefficient (Wildman–Crippen LogP) is 3.65. The number of nitrogens with one attached hydrogen (secondary N) is 2. The Morgan fingerprint density at radius 1 is 0.593 bits per heavy atom. The van der Waals surface area contributed by atoms with Crippen molar-refractivity contribution in [2.24, 2.45) is 10.8 Å². The third kappa shape index (κ3) is 16.7. The molecule has 1 atom stereocenters. The summed E-state index contributed by atoms with van der Waals surface area (Å²) in [6.45, 7) is 18.1. The van der Waals surface area contributed by atoms with Crippen LogP contribution in [0.1, 0.15) is 12.0 Å². The van der Waals surface area contributed by atoms with E-state index in [1.807, 2.05) is 0 Å². The lowest BCUT2D eigenvalue weighted by Crippen LogP contribution is -2.44. The Balaban J connectivity index is 3.19.